The molecule has 0 aliphatic rings. The van der Waals surface area contributed by atoms with E-state index in [2.05, 4.69) is 16.0 Å². The zero-order valence-electron chi connectivity index (χ0n) is 14.7. The van der Waals surface area contributed by atoms with Crippen molar-refractivity contribution in [3.05, 3.63) is 88.6 Å². The number of hydrogen-bond acceptors (Lipinski definition) is 4. The van der Waals surface area contributed by atoms with Crippen LogP contribution in [0.3, 0.4) is 0 Å². The molecule has 28 heavy (non-hydrogen) atoms. The van der Waals surface area contributed by atoms with E-state index >= 15 is 0 Å². The predicted octanol–water partition coefficient (Wildman–Crippen LogP) is 4.53. The van der Waals surface area contributed by atoms with Crippen molar-refractivity contribution in [1.29, 1.82) is 0 Å². The lowest BCUT2D eigenvalue weighted by Crippen LogP contribution is -2.32. The highest BCUT2D eigenvalue weighted by molar-refractivity contribution is 7.80. The Kier molecular flexibility index (Phi) is 6.67. The van der Waals surface area contributed by atoms with Crippen LogP contribution in [0.25, 0.3) is 6.08 Å². The van der Waals surface area contributed by atoms with E-state index in [1.165, 1.54) is 17.4 Å². The molecule has 3 rings (SSSR count). The third-order valence-electron chi connectivity index (χ3n) is 3.59. The Labute approximate surface area is 172 Å². The van der Waals surface area contributed by atoms with Crippen LogP contribution in [0.2, 0.25) is 0 Å². The molecule has 5 nitrogen and oxygen atoms in total. The summed E-state index contributed by atoms with van der Waals surface area (Å²) >= 11 is 6.70. The Hall–Kier alpha value is -3.29. The van der Waals surface area contributed by atoms with Gasteiger partial charge in [0.25, 0.3) is 5.91 Å². The number of thiophene rings is 1. The van der Waals surface area contributed by atoms with Crippen LogP contribution in [0, 0.1) is 0 Å². The molecular formula is C21H17N3O2S2. The molecule has 0 spiro atoms. The van der Waals surface area contributed by atoms with Crippen LogP contribution < -0.4 is 16.0 Å². The number of rotatable bonds is 5. The average Bonchev–Trinajstić information content (AvgIpc) is 3.21. The average molecular weight is 408 g/mol. The molecule has 1 heterocycles. The molecule has 0 aliphatic heterocycles. The number of carbonyl (C=O) groups excluding carboxylic acids is 2. The SMILES string of the molecule is O=C(/C=C/c1cccs1)NC(=S)Nc1cccc(C(=O)Nc2ccccc2)c1. The summed E-state index contributed by atoms with van der Waals surface area (Å²) in [6.07, 6.45) is 3.14. The molecule has 140 valence electrons. The lowest BCUT2D eigenvalue weighted by molar-refractivity contribution is -0.115. The van der Waals surface area contributed by atoms with Crippen molar-refractivity contribution in [3.63, 3.8) is 0 Å². The third-order valence-corrected chi connectivity index (χ3v) is 4.63. The minimum absolute atomic E-state index is 0.154. The van der Waals surface area contributed by atoms with Crippen molar-refractivity contribution in [1.82, 2.24) is 5.32 Å². The van der Waals surface area contributed by atoms with Gasteiger partial charge in [0.15, 0.2) is 5.11 Å². The van der Waals surface area contributed by atoms with Gasteiger partial charge in [0, 0.05) is 27.9 Å². The van der Waals surface area contributed by atoms with Gasteiger partial charge in [-0.3, -0.25) is 14.9 Å². The largest absolute Gasteiger partial charge is 0.332 e. The van der Waals surface area contributed by atoms with Crippen LogP contribution in [0.5, 0.6) is 0 Å². The lowest BCUT2D eigenvalue weighted by Gasteiger charge is -2.10. The maximum absolute atomic E-state index is 12.4. The number of anilines is 2. The van der Waals surface area contributed by atoms with E-state index in [1.54, 1.807) is 30.3 Å². The van der Waals surface area contributed by atoms with E-state index in [9.17, 15) is 9.59 Å². The summed E-state index contributed by atoms with van der Waals surface area (Å²) in [5, 5.41) is 10.4. The van der Waals surface area contributed by atoms with Gasteiger partial charge in [-0.25, -0.2) is 0 Å². The molecule has 0 saturated heterocycles. The molecule has 0 unspecified atom stereocenters. The highest BCUT2D eigenvalue weighted by Gasteiger charge is 2.08. The zero-order chi connectivity index (χ0) is 19.8. The number of amides is 2. The Morgan fingerprint density at radius 1 is 0.893 bits per heavy atom. The number of benzene rings is 2. The molecule has 3 N–H and O–H groups in total. The van der Waals surface area contributed by atoms with Gasteiger partial charge in [-0.05, 0) is 60.1 Å². The number of thiocarbonyl (C=S) groups is 1. The smallest absolute Gasteiger partial charge is 0.255 e. The van der Waals surface area contributed by atoms with Crippen LogP contribution in [0.1, 0.15) is 15.2 Å². The quantitative estimate of drug-likeness (QED) is 0.429. The predicted molar refractivity (Wildman–Crippen MR) is 119 cm³/mol. The second-order valence-electron chi connectivity index (χ2n) is 5.69. The fourth-order valence-corrected chi connectivity index (χ4v) is 3.16. The summed E-state index contributed by atoms with van der Waals surface area (Å²) < 4.78 is 0. The molecule has 0 bridgehead atoms. The highest BCUT2D eigenvalue weighted by atomic mass is 32.1. The molecule has 0 fully saturated rings. The van der Waals surface area contributed by atoms with E-state index in [0.717, 1.165) is 4.88 Å². The van der Waals surface area contributed by atoms with Gasteiger partial charge in [0.05, 0.1) is 0 Å². The first-order valence-electron chi connectivity index (χ1n) is 8.40. The fourth-order valence-electron chi connectivity index (χ4n) is 2.32. The van der Waals surface area contributed by atoms with Crippen molar-refractivity contribution in [2.75, 3.05) is 10.6 Å². The van der Waals surface area contributed by atoms with E-state index in [1.807, 2.05) is 47.8 Å². The van der Waals surface area contributed by atoms with Crippen LogP contribution in [-0.2, 0) is 4.79 Å². The Morgan fingerprint density at radius 3 is 2.43 bits per heavy atom. The standard InChI is InChI=1S/C21H17N3O2S2/c25-19(12-11-18-10-5-13-28-18)24-21(27)23-17-9-4-6-15(14-17)20(26)22-16-7-2-1-3-8-16/h1-14H,(H,22,26)(H2,23,24,25,27)/b12-11+. The second-order valence-corrected chi connectivity index (χ2v) is 7.08. The Bertz CT molecular complexity index is 1000. The molecular weight excluding hydrogens is 390 g/mol. The van der Waals surface area contributed by atoms with Gasteiger partial charge in [-0.15, -0.1) is 11.3 Å². The van der Waals surface area contributed by atoms with Gasteiger partial charge in [-0.2, -0.15) is 0 Å². The molecule has 0 radical (unpaired) electrons. The number of para-hydroxylation sites is 1. The first-order valence-corrected chi connectivity index (χ1v) is 9.69. The molecule has 0 aliphatic carbocycles. The van der Waals surface area contributed by atoms with Crippen molar-refractivity contribution in [2.24, 2.45) is 0 Å². The number of carbonyl (C=O) groups is 2. The van der Waals surface area contributed by atoms with Crippen molar-refractivity contribution >= 4 is 57.9 Å². The maximum Gasteiger partial charge on any atom is 0.255 e. The molecule has 3 aromatic rings. The third kappa shape index (κ3) is 5.87. The first kappa shape index (κ1) is 19.5. The van der Waals surface area contributed by atoms with Crippen LogP contribution >= 0.6 is 23.6 Å². The van der Waals surface area contributed by atoms with Crippen LogP contribution in [0.15, 0.2) is 78.2 Å². The fraction of sp³-hybridized carbons (Fsp3) is 0. The molecule has 1 aromatic heterocycles. The summed E-state index contributed by atoms with van der Waals surface area (Å²) in [5.74, 6) is -0.562. The minimum Gasteiger partial charge on any atom is -0.332 e. The molecule has 0 saturated carbocycles. The minimum atomic E-state index is -0.330. The van der Waals surface area contributed by atoms with Crippen molar-refractivity contribution in [3.8, 4) is 0 Å². The van der Waals surface area contributed by atoms with Gasteiger partial charge in [0.2, 0.25) is 5.91 Å². The maximum atomic E-state index is 12.4. The van der Waals surface area contributed by atoms with E-state index < -0.39 is 0 Å². The molecule has 0 atom stereocenters. The van der Waals surface area contributed by atoms with Crippen molar-refractivity contribution < 1.29 is 9.59 Å². The monoisotopic (exact) mass is 407 g/mol. The summed E-state index contributed by atoms with van der Waals surface area (Å²) in [6, 6.07) is 19.9. The molecule has 7 heteroatoms. The second kappa shape index (κ2) is 9.59. The lowest BCUT2D eigenvalue weighted by atomic mass is 10.2. The van der Waals surface area contributed by atoms with Crippen LogP contribution in [-0.4, -0.2) is 16.9 Å². The first-order chi connectivity index (χ1) is 13.6. The Morgan fingerprint density at radius 2 is 1.68 bits per heavy atom. The number of nitrogens with one attached hydrogen (secondary N) is 3. The van der Waals surface area contributed by atoms with Gasteiger partial charge in [0.1, 0.15) is 0 Å². The molecule has 2 aromatic carbocycles. The molecule has 2 amide bonds. The zero-order valence-corrected chi connectivity index (χ0v) is 16.3. The highest BCUT2D eigenvalue weighted by Crippen LogP contribution is 2.14. The van der Waals surface area contributed by atoms with Crippen LogP contribution in [0.4, 0.5) is 11.4 Å². The topological polar surface area (TPSA) is 70.2 Å². The summed E-state index contributed by atoms with van der Waals surface area (Å²) in [4.78, 5) is 25.3. The van der Waals surface area contributed by atoms with E-state index in [-0.39, 0.29) is 16.9 Å². The van der Waals surface area contributed by atoms with E-state index in [0.29, 0.717) is 16.9 Å². The number of hydrogen-bond donors (Lipinski definition) is 3. The Balaban J connectivity index is 1.57. The van der Waals surface area contributed by atoms with Gasteiger partial charge < -0.3 is 10.6 Å². The summed E-state index contributed by atoms with van der Waals surface area (Å²) in [6.45, 7) is 0. The van der Waals surface area contributed by atoms with Gasteiger partial charge in [-0.1, -0.05) is 30.3 Å². The van der Waals surface area contributed by atoms with E-state index in [4.69, 9.17) is 12.2 Å². The van der Waals surface area contributed by atoms with Gasteiger partial charge >= 0.3 is 0 Å². The summed E-state index contributed by atoms with van der Waals surface area (Å²) in [5.41, 5.74) is 1.79. The van der Waals surface area contributed by atoms with Crippen molar-refractivity contribution in [2.45, 2.75) is 0 Å². The summed E-state index contributed by atoms with van der Waals surface area (Å²) in [7, 11) is 0. The normalized spacial score (nSPS) is 10.4.